The smallest absolute Gasteiger partial charge is 0.152 e. The number of aromatic nitrogens is 3. The van der Waals surface area contributed by atoms with Gasteiger partial charge in [0.25, 0.3) is 0 Å². The standard InChI is InChI=1S/C19H19N3O4S/c1-24-12-4-2-3-11(7-12)19-21-8-15(27-19)18-20-5-6-22(18)13-9-25-17-14(23)10-26-16(13)17/h2-8,13-14,16-17,23H,9-10H2,1H3/t13-,14-,16-,17-/m1/s1. The molecule has 4 heterocycles. The van der Waals surface area contributed by atoms with Crippen molar-refractivity contribution >= 4 is 11.3 Å². The van der Waals surface area contributed by atoms with Crippen molar-refractivity contribution in [3.8, 4) is 27.0 Å². The number of hydrogen-bond acceptors (Lipinski definition) is 7. The van der Waals surface area contributed by atoms with Crippen molar-refractivity contribution in [1.29, 1.82) is 0 Å². The number of nitrogens with zero attached hydrogens (tertiary/aromatic N) is 3. The van der Waals surface area contributed by atoms with Crippen LogP contribution in [0.1, 0.15) is 6.04 Å². The van der Waals surface area contributed by atoms with Gasteiger partial charge in [0, 0.05) is 24.2 Å². The Morgan fingerprint density at radius 1 is 1.22 bits per heavy atom. The van der Waals surface area contributed by atoms with E-state index in [4.69, 9.17) is 14.2 Å². The molecule has 140 valence electrons. The molecule has 0 saturated carbocycles. The molecule has 2 aliphatic heterocycles. The first-order valence-corrected chi connectivity index (χ1v) is 9.61. The minimum atomic E-state index is -0.560. The van der Waals surface area contributed by atoms with Crippen LogP contribution in [0.5, 0.6) is 5.75 Å². The molecule has 0 unspecified atom stereocenters. The van der Waals surface area contributed by atoms with E-state index in [0.717, 1.165) is 27.0 Å². The van der Waals surface area contributed by atoms with Gasteiger partial charge < -0.3 is 23.9 Å². The quantitative estimate of drug-likeness (QED) is 0.743. The highest BCUT2D eigenvalue weighted by Crippen LogP contribution is 2.38. The van der Waals surface area contributed by atoms with Crippen molar-refractivity contribution in [1.82, 2.24) is 14.5 Å². The van der Waals surface area contributed by atoms with Crippen LogP contribution < -0.4 is 4.74 Å². The summed E-state index contributed by atoms with van der Waals surface area (Å²) >= 11 is 1.58. The second-order valence-corrected chi connectivity index (χ2v) is 7.68. The number of fused-ring (bicyclic) bond motifs is 1. The normalized spacial score (nSPS) is 27.0. The topological polar surface area (TPSA) is 78.6 Å². The van der Waals surface area contributed by atoms with Gasteiger partial charge in [0.1, 0.15) is 29.1 Å². The lowest BCUT2D eigenvalue weighted by molar-refractivity contribution is 0.0172. The largest absolute Gasteiger partial charge is 0.497 e. The molecule has 7 nitrogen and oxygen atoms in total. The number of thiazole rings is 1. The van der Waals surface area contributed by atoms with Crippen LogP contribution in [0.3, 0.4) is 0 Å². The Balaban J connectivity index is 1.46. The van der Waals surface area contributed by atoms with Crippen molar-refractivity contribution in [2.24, 2.45) is 0 Å². The number of hydrogen-bond donors (Lipinski definition) is 1. The van der Waals surface area contributed by atoms with Crippen LogP contribution in [0, 0.1) is 0 Å². The third-order valence-electron chi connectivity index (χ3n) is 5.07. The number of aliphatic hydroxyl groups excluding tert-OH is 1. The van der Waals surface area contributed by atoms with Crippen LogP contribution in [-0.2, 0) is 9.47 Å². The molecule has 0 bridgehead atoms. The Labute approximate surface area is 160 Å². The summed E-state index contributed by atoms with van der Waals surface area (Å²) in [4.78, 5) is 10.1. The van der Waals surface area contributed by atoms with Crippen LogP contribution in [0.2, 0.25) is 0 Å². The van der Waals surface area contributed by atoms with E-state index in [1.54, 1.807) is 24.6 Å². The minimum absolute atomic E-state index is 0.00739. The molecule has 0 radical (unpaired) electrons. The maximum Gasteiger partial charge on any atom is 0.152 e. The van der Waals surface area contributed by atoms with Crippen molar-refractivity contribution in [2.75, 3.05) is 20.3 Å². The number of benzene rings is 1. The van der Waals surface area contributed by atoms with E-state index in [2.05, 4.69) is 14.5 Å². The third-order valence-corrected chi connectivity index (χ3v) is 6.11. The second kappa shape index (κ2) is 6.72. The molecule has 4 atom stereocenters. The van der Waals surface area contributed by atoms with Gasteiger partial charge in [-0.2, -0.15) is 0 Å². The Morgan fingerprint density at radius 3 is 3.00 bits per heavy atom. The molecule has 1 aromatic carbocycles. The third kappa shape index (κ3) is 2.85. The summed E-state index contributed by atoms with van der Waals surface area (Å²) < 4.78 is 18.9. The molecule has 0 spiro atoms. The molecule has 5 rings (SSSR count). The van der Waals surface area contributed by atoms with E-state index in [0.29, 0.717) is 13.2 Å². The lowest BCUT2D eigenvalue weighted by Gasteiger charge is -2.19. The van der Waals surface area contributed by atoms with Gasteiger partial charge in [0.15, 0.2) is 5.82 Å². The monoisotopic (exact) mass is 385 g/mol. The molecule has 27 heavy (non-hydrogen) atoms. The minimum Gasteiger partial charge on any atom is -0.497 e. The van der Waals surface area contributed by atoms with E-state index in [-0.39, 0.29) is 18.2 Å². The zero-order chi connectivity index (χ0) is 18.4. The zero-order valence-corrected chi connectivity index (χ0v) is 15.5. The Hall–Kier alpha value is -2.26. The van der Waals surface area contributed by atoms with Crippen molar-refractivity contribution in [3.63, 3.8) is 0 Å². The van der Waals surface area contributed by atoms with E-state index in [9.17, 15) is 5.11 Å². The van der Waals surface area contributed by atoms with Gasteiger partial charge in [-0.25, -0.2) is 9.97 Å². The lowest BCUT2D eigenvalue weighted by Crippen LogP contribution is -2.30. The van der Waals surface area contributed by atoms with E-state index in [1.807, 2.05) is 36.7 Å². The van der Waals surface area contributed by atoms with Crippen molar-refractivity contribution in [3.05, 3.63) is 42.9 Å². The number of ether oxygens (including phenoxy) is 3. The summed E-state index contributed by atoms with van der Waals surface area (Å²) in [5, 5.41) is 10.9. The van der Waals surface area contributed by atoms with Gasteiger partial charge in [0.05, 0.1) is 31.2 Å². The second-order valence-electron chi connectivity index (χ2n) is 6.65. The Morgan fingerprint density at radius 2 is 2.11 bits per heavy atom. The first-order chi connectivity index (χ1) is 13.2. The summed E-state index contributed by atoms with van der Waals surface area (Å²) in [6.45, 7) is 0.813. The predicted molar refractivity (Wildman–Crippen MR) is 99.8 cm³/mol. The van der Waals surface area contributed by atoms with E-state index >= 15 is 0 Å². The molecule has 1 N–H and O–H groups in total. The summed E-state index contributed by atoms with van der Waals surface area (Å²) in [5.74, 6) is 1.64. The summed E-state index contributed by atoms with van der Waals surface area (Å²) in [6, 6.07) is 7.85. The molecule has 2 saturated heterocycles. The average molecular weight is 385 g/mol. The molecular weight excluding hydrogens is 366 g/mol. The highest BCUT2D eigenvalue weighted by Gasteiger charge is 2.48. The Bertz CT molecular complexity index is 956. The average Bonchev–Trinajstić information content (AvgIpc) is 3.46. The number of rotatable bonds is 4. The van der Waals surface area contributed by atoms with Crippen molar-refractivity contribution < 1.29 is 19.3 Å². The zero-order valence-electron chi connectivity index (χ0n) is 14.7. The van der Waals surface area contributed by atoms with Gasteiger partial charge in [-0.05, 0) is 12.1 Å². The van der Waals surface area contributed by atoms with E-state index in [1.165, 1.54) is 0 Å². The molecule has 0 aliphatic carbocycles. The highest BCUT2D eigenvalue weighted by molar-refractivity contribution is 7.18. The fourth-order valence-corrected chi connectivity index (χ4v) is 4.65. The summed E-state index contributed by atoms with van der Waals surface area (Å²) in [7, 11) is 1.65. The first-order valence-electron chi connectivity index (χ1n) is 8.79. The molecule has 2 aliphatic rings. The Kier molecular flexibility index (Phi) is 4.20. The maximum atomic E-state index is 9.98. The first kappa shape index (κ1) is 16.9. The van der Waals surface area contributed by atoms with Gasteiger partial charge in [-0.1, -0.05) is 12.1 Å². The number of methoxy groups -OCH3 is 1. The van der Waals surface area contributed by atoms with Crippen LogP contribution in [0.25, 0.3) is 21.3 Å². The lowest BCUT2D eigenvalue weighted by atomic mass is 10.1. The molecular formula is C19H19N3O4S. The van der Waals surface area contributed by atoms with E-state index < -0.39 is 6.10 Å². The van der Waals surface area contributed by atoms with Crippen molar-refractivity contribution in [2.45, 2.75) is 24.4 Å². The van der Waals surface area contributed by atoms with Gasteiger partial charge in [-0.15, -0.1) is 11.3 Å². The van der Waals surface area contributed by atoms with Gasteiger partial charge in [-0.3, -0.25) is 0 Å². The van der Waals surface area contributed by atoms with Crippen LogP contribution >= 0.6 is 11.3 Å². The van der Waals surface area contributed by atoms with Crippen LogP contribution in [0.15, 0.2) is 42.9 Å². The fraction of sp³-hybridized carbons (Fsp3) is 0.368. The molecule has 2 aromatic heterocycles. The number of imidazole rings is 1. The highest BCUT2D eigenvalue weighted by atomic mass is 32.1. The SMILES string of the molecule is COc1cccc(-c2ncc(-c3nccn3[C@@H]3CO[C@H]4[C@@H]3OC[C@H]4O)s2)c1. The molecule has 0 amide bonds. The predicted octanol–water partition coefficient (Wildman–Crippen LogP) is 2.38. The van der Waals surface area contributed by atoms with Crippen LogP contribution in [0.4, 0.5) is 0 Å². The summed E-state index contributed by atoms with van der Waals surface area (Å²) in [6.07, 6.45) is 4.58. The van der Waals surface area contributed by atoms with Gasteiger partial charge >= 0.3 is 0 Å². The maximum absolute atomic E-state index is 9.98. The summed E-state index contributed by atoms with van der Waals surface area (Å²) in [5.41, 5.74) is 1.01. The van der Waals surface area contributed by atoms with Gasteiger partial charge in [0.2, 0.25) is 0 Å². The fourth-order valence-electron chi connectivity index (χ4n) is 3.74. The molecule has 2 fully saturated rings. The van der Waals surface area contributed by atoms with Crippen LogP contribution in [-0.4, -0.2) is 58.3 Å². The molecule has 8 heteroatoms. The molecule has 3 aromatic rings. The number of aliphatic hydroxyl groups is 1.